The first kappa shape index (κ1) is 18.4. The van der Waals surface area contributed by atoms with Crippen molar-refractivity contribution in [1.29, 1.82) is 0 Å². The molecular formula is C21H21N3O3. The highest BCUT2D eigenvalue weighted by Crippen LogP contribution is 2.22. The van der Waals surface area contributed by atoms with Crippen molar-refractivity contribution in [2.75, 3.05) is 19.5 Å². The largest absolute Gasteiger partial charge is 0.497 e. The zero-order valence-corrected chi connectivity index (χ0v) is 15.5. The predicted molar refractivity (Wildman–Crippen MR) is 105 cm³/mol. The number of rotatable bonds is 5. The molecule has 0 aliphatic rings. The number of carbonyl (C=O) groups excluding carboxylic acids is 2. The minimum atomic E-state index is -0.225. The Balaban J connectivity index is 1.79. The molecule has 0 saturated heterocycles. The van der Waals surface area contributed by atoms with Crippen LogP contribution in [0, 0.1) is 6.92 Å². The van der Waals surface area contributed by atoms with Crippen molar-refractivity contribution in [3.05, 3.63) is 65.4 Å². The molecule has 0 aliphatic heterocycles. The summed E-state index contributed by atoms with van der Waals surface area (Å²) in [4.78, 5) is 28.6. The molecule has 2 N–H and O–H groups in total. The van der Waals surface area contributed by atoms with Crippen molar-refractivity contribution in [3.63, 3.8) is 0 Å². The maximum Gasteiger partial charge on any atom is 0.257 e. The van der Waals surface area contributed by atoms with Crippen LogP contribution in [0.15, 0.2) is 48.5 Å². The Labute approximate surface area is 157 Å². The second-order valence-electron chi connectivity index (χ2n) is 6.18. The molecule has 2 aromatic carbocycles. The smallest absolute Gasteiger partial charge is 0.257 e. The number of methoxy groups -OCH3 is 1. The van der Waals surface area contributed by atoms with E-state index in [-0.39, 0.29) is 11.8 Å². The highest BCUT2D eigenvalue weighted by Gasteiger charge is 2.13. The minimum absolute atomic E-state index is 0.0544. The molecule has 0 atom stereocenters. The van der Waals surface area contributed by atoms with Gasteiger partial charge >= 0.3 is 0 Å². The second kappa shape index (κ2) is 7.86. The maximum absolute atomic E-state index is 12.7. The first-order valence-corrected chi connectivity index (χ1v) is 8.56. The molecule has 6 nitrogen and oxygen atoms in total. The number of benzene rings is 2. The number of aryl methyl sites for hydroxylation is 1. The third-order valence-corrected chi connectivity index (χ3v) is 4.32. The molecule has 0 radical (unpaired) electrons. The van der Waals surface area contributed by atoms with Crippen LogP contribution >= 0.6 is 0 Å². The lowest BCUT2D eigenvalue weighted by atomic mass is 10.1. The van der Waals surface area contributed by atoms with Gasteiger partial charge in [-0.05, 0) is 42.8 Å². The number of nitrogens with zero attached hydrogens (tertiary/aromatic N) is 1. The quantitative estimate of drug-likeness (QED) is 0.730. The first-order valence-electron chi connectivity index (χ1n) is 8.56. The number of hydrogen-bond acceptors (Lipinski definition) is 4. The number of ether oxygens (including phenoxy) is 1. The molecule has 0 aliphatic carbocycles. The number of aromatic nitrogens is 1. The average Bonchev–Trinajstić information content (AvgIpc) is 2.68. The Hall–Kier alpha value is -3.41. The summed E-state index contributed by atoms with van der Waals surface area (Å²) in [7, 11) is 3.21. The van der Waals surface area contributed by atoms with Gasteiger partial charge in [-0.2, -0.15) is 0 Å². The standard InChI is InChI=1S/C21H21N3O3/c1-13-18(11-15-6-9-17(27-3)12-19(15)23-13)21(26)24-16-7-4-14(5-8-16)10-20(25)22-2/h4-9,11-12H,10H2,1-3H3,(H,22,25)(H,24,26). The van der Waals surface area contributed by atoms with Gasteiger partial charge in [0.15, 0.2) is 0 Å². The zero-order valence-electron chi connectivity index (χ0n) is 15.5. The summed E-state index contributed by atoms with van der Waals surface area (Å²) in [5.74, 6) is 0.446. The van der Waals surface area contributed by atoms with E-state index < -0.39 is 0 Å². The van der Waals surface area contributed by atoms with E-state index in [2.05, 4.69) is 15.6 Å². The number of fused-ring (bicyclic) bond motifs is 1. The Morgan fingerprint density at radius 1 is 1.07 bits per heavy atom. The van der Waals surface area contributed by atoms with Crippen LogP contribution in [0.5, 0.6) is 5.75 Å². The average molecular weight is 363 g/mol. The van der Waals surface area contributed by atoms with Crippen LogP contribution in [0.25, 0.3) is 10.9 Å². The lowest BCUT2D eigenvalue weighted by Crippen LogP contribution is -2.20. The van der Waals surface area contributed by atoms with Crippen molar-refractivity contribution >= 4 is 28.4 Å². The zero-order chi connectivity index (χ0) is 19.4. The number of nitrogens with one attached hydrogen (secondary N) is 2. The molecule has 0 saturated carbocycles. The van der Waals surface area contributed by atoms with Gasteiger partial charge in [0.25, 0.3) is 5.91 Å². The Morgan fingerprint density at radius 3 is 2.48 bits per heavy atom. The van der Waals surface area contributed by atoms with E-state index in [1.54, 1.807) is 33.2 Å². The predicted octanol–water partition coefficient (Wildman–Crippen LogP) is 3.09. The highest BCUT2D eigenvalue weighted by atomic mass is 16.5. The van der Waals surface area contributed by atoms with Crippen molar-refractivity contribution in [2.45, 2.75) is 13.3 Å². The summed E-state index contributed by atoms with van der Waals surface area (Å²) in [6.07, 6.45) is 0.307. The summed E-state index contributed by atoms with van der Waals surface area (Å²) in [5, 5.41) is 6.33. The highest BCUT2D eigenvalue weighted by molar-refractivity contribution is 6.06. The van der Waals surface area contributed by atoms with Crippen molar-refractivity contribution in [3.8, 4) is 5.75 Å². The Kier molecular flexibility index (Phi) is 5.35. The molecule has 138 valence electrons. The third kappa shape index (κ3) is 4.23. The van der Waals surface area contributed by atoms with Gasteiger partial charge in [-0.25, -0.2) is 0 Å². The normalized spacial score (nSPS) is 10.5. The Morgan fingerprint density at radius 2 is 1.81 bits per heavy atom. The number of likely N-dealkylation sites (N-methyl/N-ethyl adjacent to an activating group) is 1. The van der Waals surface area contributed by atoms with Gasteiger partial charge in [0.05, 0.1) is 30.3 Å². The number of anilines is 1. The van der Waals surface area contributed by atoms with Crippen LogP contribution in [-0.4, -0.2) is 31.0 Å². The van der Waals surface area contributed by atoms with Gasteiger partial charge in [0, 0.05) is 24.2 Å². The second-order valence-corrected chi connectivity index (χ2v) is 6.18. The molecule has 0 fully saturated rings. The molecule has 3 rings (SSSR count). The topological polar surface area (TPSA) is 80.3 Å². The molecule has 1 heterocycles. The third-order valence-electron chi connectivity index (χ3n) is 4.32. The van der Waals surface area contributed by atoms with Gasteiger partial charge in [0.1, 0.15) is 5.75 Å². The van der Waals surface area contributed by atoms with Gasteiger partial charge in [-0.3, -0.25) is 14.6 Å². The van der Waals surface area contributed by atoms with Crippen LogP contribution in [0.4, 0.5) is 5.69 Å². The van der Waals surface area contributed by atoms with E-state index in [4.69, 9.17) is 4.74 Å². The lowest BCUT2D eigenvalue weighted by molar-refractivity contribution is -0.119. The van der Waals surface area contributed by atoms with Crippen LogP contribution in [-0.2, 0) is 11.2 Å². The number of pyridine rings is 1. The van der Waals surface area contributed by atoms with Gasteiger partial charge in [0.2, 0.25) is 5.91 Å². The van der Waals surface area contributed by atoms with E-state index in [1.807, 2.05) is 36.4 Å². The fourth-order valence-corrected chi connectivity index (χ4v) is 2.78. The maximum atomic E-state index is 12.7. The van der Waals surface area contributed by atoms with Gasteiger partial charge in [-0.1, -0.05) is 12.1 Å². The van der Waals surface area contributed by atoms with Crippen molar-refractivity contribution in [2.24, 2.45) is 0 Å². The SMILES string of the molecule is CNC(=O)Cc1ccc(NC(=O)c2cc3ccc(OC)cc3nc2C)cc1. The number of hydrogen-bond donors (Lipinski definition) is 2. The molecule has 3 aromatic rings. The fourth-order valence-electron chi connectivity index (χ4n) is 2.78. The molecule has 6 heteroatoms. The fraction of sp³-hybridized carbons (Fsp3) is 0.190. The van der Waals surface area contributed by atoms with Crippen LogP contribution in [0.2, 0.25) is 0 Å². The molecule has 2 amide bonds. The van der Waals surface area contributed by atoms with Crippen LogP contribution < -0.4 is 15.4 Å². The van der Waals surface area contributed by atoms with E-state index in [1.165, 1.54) is 0 Å². The monoisotopic (exact) mass is 363 g/mol. The van der Waals surface area contributed by atoms with Crippen molar-refractivity contribution in [1.82, 2.24) is 10.3 Å². The first-order chi connectivity index (χ1) is 13.0. The molecule has 0 unspecified atom stereocenters. The van der Waals surface area contributed by atoms with E-state index in [0.717, 1.165) is 22.2 Å². The lowest BCUT2D eigenvalue weighted by Gasteiger charge is -2.10. The molecule has 0 bridgehead atoms. The molecular weight excluding hydrogens is 342 g/mol. The van der Waals surface area contributed by atoms with Crippen LogP contribution in [0.3, 0.4) is 0 Å². The molecule has 1 aromatic heterocycles. The minimum Gasteiger partial charge on any atom is -0.497 e. The van der Waals surface area contributed by atoms with E-state index in [9.17, 15) is 9.59 Å². The summed E-state index contributed by atoms with van der Waals surface area (Å²) in [5.41, 5.74) is 3.48. The van der Waals surface area contributed by atoms with E-state index in [0.29, 0.717) is 23.4 Å². The van der Waals surface area contributed by atoms with Crippen molar-refractivity contribution < 1.29 is 14.3 Å². The van der Waals surface area contributed by atoms with Gasteiger partial charge < -0.3 is 15.4 Å². The summed E-state index contributed by atoms with van der Waals surface area (Å²) < 4.78 is 5.22. The Bertz CT molecular complexity index is 997. The molecule has 27 heavy (non-hydrogen) atoms. The summed E-state index contributed by atoms with van der Waals surface area (Å²) in [6.45, 7) is 1.81. The van der Waals surface area contributed by atoms with Crippen LogP contribution in [0.1, 0.15) is 21.6 Å². The number of carbonyl (C=O) groups is 2. The molecule has 0 spiro atoms. The summed E-state index contributed by atoms with van der Waals surface area (Å²) in [6, 6.07) is 14.6. The van der Waals surface area contributed by atoms with Gasteiger partial charge in [-0.15, -0.1) is 0 Å². The number of amides is 2. The summed E-state index contributed by atoms with van der Waals surface area (Å²) >= 11 is 0. The van der Waals surface area contributed by atoms with E-state index >= 15 is 0 Å².